The summed E-state index contributed by atoms with van der Waals surface area (Å²) in [6, 6.07) is 11.8. The predicted octanol–water partition coefficient (Wildman–Crippen LogP) is 3.19. The number of amides is 2. The van der Waals surface area contributed by atoms with E-state index in [1.54, 1.807) is 49.5 Å². The van der Waals surface area contributed by atoms with E-state index in [0.717, 1.165) is 18.7 Å². The topological polar surface area (TPSA) is 54.0 Å². The van der Waals surface area contributed by atoms with Crippen molar-refractivity contribution in [2.45, 2.75) is 6.54 Å². The molecule has 2 amide bonds. The molecule has 7 heteroatoms. The molecule has 0 unspecified atom stereocenters. The lowest BCUT2D eigenvalue weighted by molar-refractivity contribution is 0.143. The first-order valence-corrected chi connectivity index (χ1v) is 8.84. The number of halogens is 1. The van der Waals surface area contributed by atoms with E-state index >= 15 is 0 Å². The van der Waals surface area contributed by atoms with Crippen LogP contribution in [0.3, 0.4) is 0 Å². The van der Waals surface area contributed by atoms with Crippen LogP contribution in [0.1, 0.15) is 5.56 Å². The highest BCUT2D eigenvalue weighted by molar-refractivity contribution is 5.89. The van der Waals surface area contributed by atoms with Gasteiger partial charge in [0.25, 0.3) is 0 Å². The van der Waals surface area contributed by atoms with E-state index in [1.807, 2.05) is 6.07 Å². The van der Waals surface area contributed by atoms with Gasteiger partial charge in [0.15, 0.2) is 11.5 Å². The van der Waals surface area contributed by atoms with Gasteiger partial charge in [-0.2, -0.15) is 0 Å². The molecular formula is C20H24FN3O3. The number of piperazine rings is 1. The number of methoxy groups -OCH3 is 2. The largest absolute Gasteiger partial charge is 0.493 e. The molecule has 0 radical (unpaired) electrons. The first kappa shape index (κ1) is 19.0. The first-order chi connectivity index (χ1) is 13.1. The van der Waals surface area contributed by atoms with Gasteiger partial charge in [-0.15, -0.1) is 0 Å². The number of carbonyl (C=O) groups is 1. The smallest absolute Gasteiger partial charge is 0.321 e. The number of urea groups is 1. The van der Waals surface area contributed by atoms with E-state index in [0.29, 0.717) is 36.8 Å². The van der Waals surface area contributed by atoms with Crippen molar-refractivity contribution >= 4 is 11.7 Å². The standard InChI is InChI=1S/C20H24FN3O3/c1-26-18-7-6-17(13-19(18)27-2)22-20(25)24-10-8-23(9-11-24)14-15-4-3-5-16(21)12-15/h3-7,12-13H,8-11,14H2,1-2H3,(H,22,25). The van der Waals surface area contributed by atoms with Gasteiger partial charge in [-0.25, -0.2) is 9.18 Å². The van der Waals surface area contributed by atoms with E-state index in [4.69, 9.17) is 9.47 Å². The van der Waals surface area contributed by atoms with E-state index in [2.05, 4.69) is 10.2 Å². The second kappa shape index (κ2) is 8.73. The maximum atomic E-state index is 13.3. The van der Waals surface area contributed by atoms with Gasteiger partial charge in [-0.1, -0.05) is 12.1 Å². The molecule has 0 aliphatic carbocycles. The molecule has 1 fully saturated rings. The molecule has 27 heavy (non-hydrogen) atoms. The third-order valence-electron chi connectivity index (χ3n) is 4.59. The summed E-state index contributed by atoms with van der Waals surface area (Å²) < 4.78 is 23.8. The minimum absolute atomic E-state index is 0.146. The van der Waals surface area contributed by atoms with Crippen LogP contribution in [0.4, 0.5) is 14.9 Å². The lowest BCUT2D eigenvalue weighted by Gasteiger charge is -2.34. The number of nitrogens with one attached hydrogen (secondary N) is 1. The van der Waals surface area contributed by atoms with Gasteiger partial charge in [0.1, 0.15) is 5.82 Å². The van der Waals surface area contributed by atoms with Crippen molar-refractivity contribution in [3.05, 3.63) is 53.8 Å². The molecule has 1 aliphatic rings. The maximum absolute atomic E-state index is 13.3. The number of ether oxygens (including phenoxy) is 2. The third-order valence-corrected chi connectivity index (χ3v) is 4.59. The second-order valence-corrected chi connectivity index (χ2v) is 6.39. The van der Waals surface area contributed by atoms with Crippen molar-refractivity contribution in [1.29, 1.82) is 0 Å². The van der Waals surface area contributed by atoms with Crippen LogP contribution in [-0.2, 0) is 6.54 Å². The van der Waals surface area contributed by atoms with Crippen LogP contribution in [0, 0.1) is 5.82 Å². The van der Waals surface area contributed by atoms with Crippen molar-refractivity contribution in [1.82, 2.24) is 9.80 Å². The fourth-order valence-electron chi connectivity index (χ4n) is 3.12. The Labute approximate surface area is 158 Å². The van der Waals surface area contributed by atoms with Crippen LogP contribution in [0.25, 0.3) is 0 Å². The zero-order chi connectivity index (χ0) is 19.2. The summed E-state index contributed by atoms with van der Waals surface area (Å²) in [4.78, 5) is 16.5. The molecule has 0 bridgehead atoms. The Bertz CT molecular complexity index is 792. The van der Waals surface area contributed by atoms with Crippen LogP contribution < -0.4 is 14.8 Å². The van der Waals surface area contributed by atoms with E-state index < -0.39 is 0 Å². The van der Waals surface area contributed by atoms with Crippen LogP contribution in [0.15, 0.2) is 42.5 Å². The molecule has 144 valence electrons. The number of nitrogens with zero attached hydrogens (tertiary/aromatic N) is 2. The zero-order valence-corrected chi connectivity index (χ0v) is 15.6. The summed E-state index contributed by atoms with van der Waals surface area (Å²) in [7, 11) is 3.13. The van der Waals surface area contributed by atoms with Gasteiger partial charge in [0.05, 0.1) is 14.2 Å². The Morgan fingerprint density at radius 2 is 1.78 bits per heavy atom. The summed E-state index contributed by atoms with van der Waals surface area (Å²) in [6.07, 6.45) is 0. The van der Waals surface area contributed by atoms with Crippen molar-refractivity contribution in [2.24, 2.45) is 0 Å². The molecule has 2 aromatic carbocycles. The van der Waals surface area contributed by atoms with E-state index in [9.17, 15) is 9.18 Å². The second-order valence-electron chi connectivity index (χ2n) is 6.39. The highest BCUT2D eigenvalue weighted by Gasteiger charge is 2.21. The Kier molecular flexibility index (Phi) is 6.13. The minimum Gasteiger partial charge on any atom is -0.493 e. The van der Waals surface area contributed by atoms with Crippen molar-refractivity contribution in [3.8, 4) is 11.5 Å². The van der Waals surface area contributed by atoms with Crippen molar-refractivity contribution in [2.75, 3.05) is 45.7 Å². The Balaban J connectivity index is 1.52. The maximum Gasteiger partial charge on any atom is 0.321 e. The summed E-state index contributed by atoms with van der Waals surface area (Å²) >= 11 is 0. The molecule has 1 heterocycles. The predicted molar refractivity (Wildman–Crippen MR) is 102 cm³/mol. The molecular weight excluding hydrogens is 349 g/mol. The van der Waals surface area contributed by atoms with Gasteiger partial charge < -0.3 is 19.7 Å². The lowest BCUT2D eigenvalue weighted by atomic mass is 10.2. The van der Waals surface area contributed by atoms with Crippen LogP contribution in [0.5, 0.6) is 11.5 Å². The average Bonchev–Trinajstić information content (AvgIpc) is 2.68. The molecule has 1 saturated heterocycles. The Hall–Kier alpha value is -2.80. The first-order valence-electron chi connectivity index (χ1n) is 8.84. The fourth-order valence-corrected chi connectivity index (χ4v) is 3.12. The number of rotatable bonds is 5. The van der Waals surface area contributed by atoms with Gasteiger partial charge in [0.2, 0.25) is 0 Å². The highest BCUT2D eigenvalue weighted by Crippen LogP contribution is 2.29. The number of hydrogen-bond acceptors (Lipinski definition) is 4. The summed E-state index contributed by atoms with van der Waals surface area (Å²) in [5, 5.41) is 2.89. The van der Waals surface area contributed by atoms with Crippen LogP contribution in [-0.4, -0.2) is 56.2 Å². The minimum atomic E-state index is -0.222. The summed E-state index contributed by atoms with van der Waals surface area (Å²) in [6.45, 7) is 3.41. The number of carbonyl (C=O) groups excluding carboxylic acids is 1. The molecule has 1 N–H and O–H groups in total. The SMILES string of the molecule is COc1ccc(NC(=O)N2CCN(Cc3cccc(F)c3)CC2)cc1OC. The zero-order valence-electron chi connectivity index (χ0n) is 15.6. The highest BCUT2D eigenvalue weighted by atomic mass is 19.1. The fraction of sp³-hybridized carbons (Fsp3) is 0.350. The van der Waals surface area contributed by atoms with Crippen molar-refractivity contribution in [3.63, 3.8) is 0 Å². The molecule has 0 atom stereocenters. The third kappa shape index (κ3) is 4.89. The average molecular weight is 373 g/mol. The van der Waals surface area contributed by atoms with Crippen LogP contribution in [0.2, 0.25) is 0 Å². The quantitative estimate of drug-likeness (QED) is 0.875. The number of benzene rings is 2. The molecule has 2 aromatic rings. The van der Waals surface area contributed by atoms with Gasteiger partial charge in [-0.05, 0) is 29.8 Å². The lowest BCUT2D eigenvalue weighted by Crippen LogP contribution is -2.49. The van der Waals surface area contributed by atoms with E-state index in [-0.39, 0.29) is 11.8 Å². The molecule has 0 spiro atoms. The molecule has 6 nitrogen and oxygen atoms in total. The monoisotopic (exact) mass is 373 g/mol. The molecule has 0 aromatic heterocycles. The Morgan fingerprint density at radius 1 is 1.04 bits per heavy atom. The summed E-state index contributed by atoms with van der Waals surface area (Å²) in [5.41, 5.74) is 1.60. The molecule has 3 rings (SSSR count). The van der Waals surface area contributed by atoms with Gasteiger partial charge in [-0.3, -0.25) is 4.90 Å². The van der Waals surface area contributed by atoms with Gasteiger partial charge in [0, 0.05) is 44.5 Å². The normalized spacial score (nSPS) is 14.7. The number of hydrogen-bond donors (Lipinski definition) is 1. The molecule has 0 saturated carbocycles. The van der Waals surface area contributed by atoms with Crippen LogP contribution >= 0.6 is 0 Å². The van der Waals surface area contributed by atoms with Crippen molar-refractivity contribution < 1.29 is 18.7 Å². The summed E-state index contributed by atoms with van der Waals surface area (Å²) in [5.74, 6) is 0.956. The van der Waals surface area contributed by atoms with E-state index in [1.165, 1.54) is 6.07 Å². The molecule has 1 aliphatic heterocycles. The van der Waals surface area contributed by atoms with Gasteiger partial charge >= 0.3 is 6.03 Å². The Morgan fingerprint density at radius 3 is 2.44 bits per heavy atom. The number of anilines is 1.